The number of hydrogen-bond acceptors (Lipinski definition) is 0. The summed E-state index contributed by atoms with van der Waals surface area (Å²) in [6, 6.07) is 9.21. The third-order valence-electron chi connectivity index (χ3n) is 4.17. The Bertz CT molecular complexity index is 412. The monoisotopic (exact) mass is 246 g/mol. The molecular weight excluding hydrogens is 228 g/mol. The Hall–Kier alpha value is -0.750. The van der Waals surface area contributed by atoms with Gasteiger partial charge in [0.15, 0.2) is 0 Å². The Morgan fingerprint density at radius 3 is 2.29 bits per heavy atom. The molecule has 17 heavy (non-hydrogen) atoms. The van der Waals surface area contributed by atoms with Crippen molar-refractivity contribution in [3.8, 4) is 0 Å². The van der Waals surface area contributed by atoms with E-state index in [-0.39, 0.29) is 5.38 Å². The molecule has 90 valence electrons. The minimum atomic E-state index is 0.241. The Morgan fingerprint density at radius 2 is 1.71 bits per heavy atom. The number of rotatable bonds is 2. The molecule has 0 spiro atoms. The second-order valence-corrected chi connectivity index (χ2v) is 5.91. The van der Waals surface area contributed by atoms with Gasteiger partial charge in [0.05, 0.1) is 5.38 Å². The maximum absolute atomic E-state index is 6.20. The predicted octanol–water partition coefficient (Wildman–Crippen LogP) is 5.13. The molecule has 0 nitrogen and oxygen atoms in total. The summed E-state index contributed by atoms with van der Waals surface area (Å²) in [5.74, 6) is 0.838. The summed E-state index contributed by atoms with van der Waals surface area (Å²) in [6.45, 7) is 0. The first kappa shape index (κ1) is 11.3. The number of hydrogen-bond donors (Lipinski definition) is 0. The molecule has 0 saturated heterocycles. The number of halogens is 1. The fourth-order valence-corrected chi connectivity index (χ4v) is 3.13. The van der Waals surface area contributed by atoms with Crippen LogP contribution in [0.1, 0.15) is 55.6 Å². The van der Waals surface area contributed by atoms with Crippen LogP contribution in [0.2, 0.25) is 0 Å². The van der Waals surface area contributed by atoms with Gasteiger partial charge in [-0.3, -0.25) is 0 Å². The topological polar surface area (TPSA) is 0 Å². The molecule has 0 aliphatic heterocycles. The van der Waals surface area contributed by atoms with Crippen LogP contribution in [-0.4, -0.2) is 5.38 Å². The number of alkyl halides is 1. The van der Waals surface area contributed by atoms with Crippen LogP contribution in [-0.2, 0) is 0 Å². The highest BCUT2D eigenvalue weighted by molar-refractivity contribution is 6.22. The van der Waals surface area contributed by atoms with Crippen LogP contribution in [0.25, 0.3) is 5.57 Å². The highest BCUT2D eigenvalue weighted by Gasteiger charge is 2.19. The minimum absolute atomic E-state index is 0.241. The molecule has 1 aromatic rings. The summed E-state index contributed by atoms with van der Waals surface area (Å²) in [7, 11) is 0. The van der Waals surface area contributed by atoms with Crippen molar-refractivity contribution in [2.24, 2.45) is 0 Å². The predicted molar refractivity (Wildman–Crippen MR) is 74.5 cm³/mol. The molecule has 1 unspecified atom stereocenters. The van der Waals surface area contributed by atoms with Crippen LogP contribution >= 0.6 is 11.6 Å². The zero-order valence-electron chi connectivity index (χ0n) is 10.2. The van der Waals surface area contributed by atoms with Gasteiger partial charge in [0.1, 0.15) is 0 Å². The molecule has 0 aromatic heterocycles. The highest BCUT2D eigenvalue weighted by atomic mass is 35.5. The molecule has 0 N–H and O–H groups in total. The lowest BCUT2D eigenvalue weighted by atomic mass is 9.79. The fourth-order valence-electron chi connectivity index (χ4n) is 2.82. The Kier molecular flexibility index (Phi) is 3.24. The van der Waals surface area contributed by atoms with Crippen molar-refractivity contribution >= 4 is 17.2 Å². The molecule has 3 rings (SSSR count). The van der Waals surface area contributed by atoms with E-state index >= 15 is 0 Å². The van der Waals surface area contributed by atoms with Gasteiger partial charge in [0, 0.05) is 0 Å². The third-order valence-corrected chi connectivity index (χ3v) is 4.51. The lowest BCUT2D eigenvalue weighted by Crippen LogP contribution is -2.08. The summed E-state index contributed by atoms with van der Waals surface area (Å²) in [4.78, 5) is 0. The molecule has 1 saturated carbocycles. The van der Waals surface area contributed by atoms with E-state index in [0.717, 1.165) is 12.3 Å². The lowest BCUT2D eigenvalue weighted by molar-refractivity contribution is 0.420. The van der Waals surface area contributed by atoms with Gasteiger partial charge in [0.25, 0.3) is 0 Å². The molecule has 1 fully saturated rings. The maximum Gasteiger partial charge on any atom is 0.0522 e. The second kappa shape index (κ2) is 4.86. The maximum atomic E-state index is 6.20. The summed E-state index contributed by atoms with van der Waals surface area (Å²) in [5, 5.41) is 0.241. The first-order valence-electron chi connectivity index (χ1n) is 6.78. The van der Waals surface area contributed by atoms with Crippen molar-refractivity contribution in [2.45, 2.75) is 49.8 Å². The molecule has 0 bridgehead atoms. The van der Waals surface area contributed by atoms with Crippen LogP contribution in [0, 0.1) is 0 Å². The van der Waals surface area contributed by atoms with Crippen molar-refractivity contribution in [3.63, 3.8) is 0 Å². The number of benzene rings is 1. The molecule has 0 amide bonds. The Morgan fingerprint density at radius 1 is 0.941 bits per heavy atom. The van der Waals surface area contributed by atoms with Crippen molar-refractivity contribution in [1.82, 2.24) is 0 Å². The summed E-state index contributed by atoms with van der Waals surface area (Å²) in [5.41, 5.74) is 4.34. The van der Waals surface area contributed by atoms with E-state index in [4.69, 9.17) is 11.6 Å². The molecule has 0 radical (unpaired) electrons. The first-order valence-corrected chi connectivity index (χ1v) is 7.22. The van der Waals surface area contributed by atoms with Crippen LogP contribution in [0.4, 0.5) is 0 Å². The first-order chi connectivity index (χ1) is 8.33. The zero-order valence-corrected chi connectivity index (χ0v) is 10.9. The SMILES string of the molecule is ClC1C=C(c2ccc(C3CCC3)cc2)CCC1. The minimum Gasteiger partial charge on any atom is -0.118 e. The van der Waals surface area contributed by atoms with Crippen LogP contribution < -0.4 is 0 Å². The zero-order chi connectivity index (χ0) is 11.7. The molecular formula is C16H19Cl. The van der Waals surface area contributed by atoms with E-state index in [1.165, 1.54) is 48.8 Å². The summed E-state index contributed by atoms with van der Waals surface area (Å²) < 4.78 is 0. The molecule has 1 heteroatoms. The van der Waals surface area contributed by atoms with Gasteiger partial charge in [-0.2, -0.15) is 0 Å². The van der Waals surface area contributed by atoms with Crippen LogP contribution in [0.15, 0.2) is 30.3 Å². The summed E-state index contributed by atoms with van der Waals surface area (Å²) in [6.07, 6.45) is 9.95. The van der Waals surface area contributed by atoms with E-state index in [0.29, 0.717) is 0 Å². The van der Waals surface area contributed by atoms with Crippen LogP contribution in [0.3, 0.4) is 0 Å². The van der Waals surface area contributed by atoms with Gasteiger partial charge < -0.3 is 0 Å². The van der Waals surface area contributed by atoms with Gasteiger partial charge in [-0.15, -0.1) is 11.6 Å². The molecule has 1 aromatic carbocycles. The largest absolute Gasteiger partial charge is 0.118 e. The molecule has 0 heterocycles. The number of allylic oxidation sites excluding steroid dienone is 2. The standard InChI is InChI=1S/C16H19Cl/c17-16-6-2-5-15(11-16)14-9-7-13(8-10-14)12-3-1-4-12/h7-12,16H,1-6H2. The van der Waals surface area contributed by atoms with E-state index in [9.17, 15) is 0 Å². The third kappa shape index (κ3) is 2.42. The Labute approximate surface area is 109 Å². The van der Waals surface area contributed by atoms with E-state index < -0.39 is 0 Å². The molecule has 2 aliphatic carbocycles. The molecule has 2 aliphatic rings. The lowest BCUT2D eigenvalue weighted by Gasteiger charge is -2.26. The van der Waals surface area contributed by atoms with Gasteiger partial charge in [-0.05, 0) is 54.7 Å². The van der Waals surface area contributed by atoms with Gasteiger partial charge in [0.2, 0.25) is 0 Å². The van der Waals surface area contributed by atoms with E-state index in [1.54, 1.807) is 0 Å². The smallest absolute Gasteiger partial charge is 0.0522 e. The second-order valence-electron chi connectivity index (χ2n) is 5.35. The Balaban J connectivity index is 1.79. The van der Waals surface area contributed by atoms with Gasteiger partial charge >= 0.3 is 0 Å². The van der Waals surface area contributed by atoms with Crippen molar-refractivity contribution < 1.29 is 0 Å². The van der Waals surface area contributed by atoms with Crippen molar-refractivity contribution in [2.75, 3.05) is 0 Å². The average molecular weight is 247 g/mol. The van der Waals surface area contributed by atoms with Crippen molar-refractivity contribution in [3.05, 3.63) is 41.5 Å². The molecule has 1 atom stereocenters. The van der Waals surface area contributed by atoms with Gasteiger partial charge in [-0.1, -0.05) is 36.8 Å². The normalized spacial score (nSPS) is 25.2. The van der Waals surface area contributed by atoms with E-state index in [2.05, 4.69) is 30.3 Å². The fraction of sp³-hybridized carbons (Fsp3) is 0.500. The van der Waals surface area contributed by atoms with Crippen LogP contribution in [0.5, 0.6) is 0 Å². The average Bonchev–Trinajstić information content (AvgIpc) is 2.28. The van der Waals surface area contributed by atoms with Crippen molar-refractivity contribution in [1.29, 1.82) is 0 Å². The quantitative estimate of drug-likeness (QED) is 0.635. The highest BCUT2D eigenvalue weighted by Crippen LogP contribution is 2.37. The summed E-state index contributed by atoms with van der Waals surface area (Å²) >= 11 is 6.20. The van der Waals surface area contributed by atoms with Gasteiger partial charge in [-0.25, -0.2) is 0 Å². The van der Waals surface area contributed by atoms with E-state index in [1.807, 2.05) is 0 Å².